The van der Waals surface area contributed by atoms with Gasteiger partial charge in [-0.1, -0.05) is 179 Å². The summed E-state index contributed by atoms with van der Waals surface area (Å²) in [4.78, 5) is 24.8. The van der Waals surface area contributed by atoms with Gasteiger partial charge in [0.15, 0.2) is 0 Å². The molecule has 0 atom stereocenters. The van der Waals surface area contributed by atoms with Crippen LogP contribution >= 0.6 is 0 Å². The lowest BCUT2D eigenvalue weighted by atomic mass is 10.0. The summed E-state index contributed by atoms with van der Waals surface area (Å²) in [5.41, 5.74) is 2.18. The van der Waals surface area contributed by atoms with Crippen LogP contribution in [0.1, 0.15) is 192 Å². The Morgan fingerprint density at radius 1 is 0.429 bits per heavy atom. The standard InChI is InChI=1S/C38H68N2O2/c1-3-5-7-9-11-13-15-17-19-21-23-25-31-37(41)39-33-35-29-27-28-30-36(35)34-40-38(42)32-26-24-22-20-18-16-14-12-10-8-6-4-2/h27-30H,3-26,31-34H2,1-2H3,(H,39,41)(H,40,42). The maximum atomic E-state index is 12.4. The maximum absolute atomic E-state index is 12.4. The van der Waals surface area contributed by atoms with Gasteiger partial charge in [-0.05, 0) is 24.0 Å². The van der Waals surface area contributed by atoms with E-state index >= 15 is 0 Å². The van der Waals surface area contributed by atoms with Crippen LogP contribution in [-0.4, -0.2) is 11.8 Å². The number of amides is 2. The minimum absolute atomic E-state index is 0.132. The molecule has 2 N–H and O–H groups in total. The fourth-order valence-corrected chi connectivity index (χ4v) is 5.72. The first-order valence-corrected chi connectivity index (χ1v) is 18.3. The van der Waals surface area contributed by atoms with Crippen LogP contribution in [0.4, 0.5) is 0 Å². The van der Waals surface area contributed by atoms with Crippen LogP contribution in [0.3, 0.4) is 0 Å². The maximum Gasteiger partial charge on any atom is 0.220 e. The molecule has 0 saturated carbocycles. The average molecular weight is 585 g/mol. The van der Waals surface area contributed by atoms with Crippen LogP contribution in [-0.2, 0) is 22.7 Å². The van der Waals surface area contributed by atoms with E-state index in [0.717, 1.165) is 36.8 Å². The number of carbonyl (C=O) groups excluding carboxylic acids is 2. The third kappa shape index (κ3) is 23.7. The van der Waals surface area contributed by atoms with Gasteiger partial charge in [-0.25, -0.2) is 0 Å². The van der Waals surface area contributed by atoms with Crippen molar-refractivity contribution in [3.05, 3.63) is 35.4 Å². The van der Waals surface area contributed by atoms with Gasteiger partial charge in [0.1, 0.15) is 0 Å². The number of rotatable bonds is 30. The van der Waals surface area contributed by atoms with Crippen LogP contribution in [0.2, 0.25) is 0 Å². The van der Waals surface area contributed by atoms with E-state index in [-0.39, 0.29) is 11.8 Å². The number of hydrogen-bond acceptors (Lipinski definition) is 2. The molecule has 0 heterocycles. The van der Waals surface area contributed by atoms with Crippen LogP contribution < -0.4 is 10.6 Å². The third-order valence-corrected chi connectivity index (χ3v) is 8.59. The van der Waals surface area contributed by atoms with Crippen molar-refractivity contribution >= 4 is 11.8 Å². The number of benzene rings is 1. The SMILES string of the molecule is CCCCCCCCCCCCCCC(=O)NCc1ccccc1CNC(=O)CCCCCCCCCCCCCC. The molecule has 2 amide bonds. The zero-order chi connectivity index (χ0) is 30.4. The Bertz CT molecular complexity index is 700. The van der Waals surface area contributed by atoms with E-state index in [4.69, 9.17) is 0 Å². The molecule has 1 aromatic rings. The highest BCUT2D eigenvalue weighted by Gasteiger charge is 2.07. The van der Waals surface area contributed by atoms with Gasteiger partial charge in [-0.3, -0.25) is 9.59 Å². The molecule has 0 spiro atoms. The lowest BCUT2D eigenvalue weighted by Gasteiger charge is -2.12. The average Bonchev–Trinajstić information content (AvgIpc) is 3.00. The molecule has 242 valence electrons. The summed E-state index contributed by atoms with van der Waals surface area (Å²) in [6, 6.07) is 8.11. The van der Waals surface area contributed by atoms with Crippen LogP contribution in [0, 0.1) is 0 Å². The molecule has 0 unspecified atom stereocenters. The molecular formula is C38H68N2O2. The summed E-state index contributed by atoms with van der Waals surface area (Å²) in [5, 5.41) is 6.19. The Morgan fingerprint density at radius 3 is 0.976 bits per heavy atom. The summed E-state index contributed by atoms with van der Waals surface area (Å²) < 4.78 is 0. The van der Waals surface area contributed by atoms with Crippen molar-refractivity contribution in [3.8, 4) is 0 Å². The van der Waals surface area contributed by atoms with Crippen molar-refractivity contribution in [1.82, 2.24) is 10.6 Å². The topological polar surface area (TPSA) is 58.2 Å². The van der Waals surface area contributed by atoms with Crippen molar-refractivity contribution in [2.75, 3.05) is 0 Å². The molecule has 0 saturated heterocycles. The predicted octanol–water partition coefficient (Wildman–Crippen LogP) is 11.1. The van der Waals surface area contributed by atoms with E-state index in [9.17, 15) is 9.59 Å². The molecule has 4 nitrogen and oxygen atoms in total. The molecule has 0 aliphatic heterocycles. The molecule has 0 aromatic heterocycles. The smallest absolute Gasteiger partial charge is 0.220 e. The Labute approximate surface area is 261 Å². The molecule has 0 aliphatic carbocycles. The Kier molecular flexibility index (Phi) is 26.6. The van der Waals surface area contributed by atoms with Crippen molar-refractivity contribution in [1.29, 1.82) is 0 Å². The van der Waals surface area contributed by atoms with Crippen LogP contribution in [0.25, 0.3) is 0 Å². The number of nitrogens with one attached hydrogen (secondary N) is 2. The number of hydrogen-bond donors (Lipinski definition) is 2. The monoisotopic (exact) mass is 585 g/mol. The van der Waals surface area contributed by atoms with E-state index < -0.39 is 0 Å². The number of unbranched alkanes of at least 4 members (excludes halogenated alkanes) is 22. The zero-order valence-electron chi connectivity index (χ0n) is 27.9. The van der Waals surface area contributed by atoms with E-state index in [1.54, 1.807) is 0 Å². The molecule has 0 bridgehead atoms. The molecule has 42 heavy (non-hydrogen) atoms. The summed E-state index contributed by atoms with van der Waals surface area (Å²) in [5.74, 6) is 0.265. The van der Waals surface area contributed by atoms with Gasteiger partial charge < -0.3 is 10.6 Å². The van der Waals surface area contributed by atoms with Crippen molar-refractivity contribution in [3.63, 3.8) is 0 Å². The van der Waals surface area contributed by atoms with Crippen molar-refractivity contribution in [2.45, 2.75) is 194 Å². The first-order valence-electron chi connectivity index (χ1n) is 18.3. The minimum atomic E-state index is 0.132. The Morgan fingerprint density at radius 2 is 0.690 bits per heavy atom. The lowest BCUT2D eigenvalue weighted by Crippen LogP contribution is -2.25. The van der Waals surface area contributed by atoms with E-state index in [2.05, 4.69) is 36.6 Å². The fourth-order valence-electron chi connectivity index (χ4n) is 5.72. The van der Waals surface area contributed by atoms with Gasteiger partial charge in [-0.2, -0.15) is 0 Å². The third-order valence-electron chi connectivity index (χ3n) is 8.59. The van der Waals surface area contributed by atoms with Crippen LogP contribution in [0.15, 0.2) is 24.3 Å². The quantitative estimate of drug-likeness (QED) is 0.0884. The fraction of sp³-hybridized carbons (Fsp3) is 0.789. The van der Waals surface area contributed by atoms with E-state index in [0.29, 0.717) is 25.9 Å². The second-order valence-electron chi connectivity index (χ2n) is 12.6. The predicted molar refractivity (Wildman–Crippen MR) is 182 cm³/mol. The molecule has 1 aromatic carbocycles. The molecule has 4 heteroatoms. The normalized spacial score (nSPS) is 11.1. The van der Waals surface area contributed by atoms with Gasteiger partial charge in [0.25, 0.3) is 0 Å². The summed E-state index contributed by atoms with van der Waals surface area (Å²) in [6.07, 6.45) is 32.5. The molecular weight excluding hydrogens is 516 g/mol. The van der Waals surface area contributed by atoms with Gasteiger partial charge in [0.2, 0.25) is 11.8 Å². The molecule has 0 fully saturated rings. The highest BCUT2D eigenvalue weighted by molar-refractivity contribution is 5.76. The summed E-state index contributed by atoms with van der Waals surface area (Å²) in [7, 11) is 0. The minimum Gasteiger partial charge on any atom is -0.352 e. The Hall–Kier alpha value is -1.84. The van der Waals surface area contributed by atoms with Gasteiger partial charge in [0, 0.05) is 25.9 Å². The van der Waals surface area contributed by atoms with Crippen LogP contribution in [0.5, 0.6) is 0 Å². The van der Waals surface area contributed by atoms with Gasteiger partial charge in [-0.15, -0.1) is 0 Å². The van der Waals surface area contributed by atoms with Gasteiger partial charge >= 0.3 is 0 Å². The van der Waals surface area contributed by atoms with Crippen molar-refractivity contribution < 1.29 is 9.59 Å². The lowest BCUT2D eigenvalue weighted by molar-refractivity contribution is -0.122. The first-order chi connectivity index (χ1) is 20.7. The molecule has 1 rings (SSSR count). The first kappa shape index (κ1) is 38.2. The second kappa shape index (κ2) is 29.2. The van der Waals surface area contributed by atoms with Crippen molar-refractivity contribution in [2.24, 2.45) is 0 Å². The zero-order valence-corrected chi connectivity index (χ0v) is 27.9. The summed E-state index contributed by atoms with van der Waals surface area (Å²) in [6.45, 7) is 5.60. The number of carbonyl (C=O) groups is 2. The molecule has 0 aliphatic rings. The molecule has 0 radical (unpaired) electrons. The van der Waals surface area contributed by atoms with E-state index in [1.807, 2.05) is 12.1 Å². The second-order valence-corrected chi connectivity index (χ2v) is 12.6. The Balaban J connectivity index is 2.04. The highest BCUT2D eigenvalue weighted by Crippen LogP contribution is 2.14. The van der Waals surface area contributed by atoms with Gasteiger partial charge in [0.05, 0.1) is 0 Å². The largest absolute Gasteiger partial charge is 0.352 e. The highest BCUT2D eigenvalue weighted by atomic mass is 16.2. The summed E-state index contributed by atoms with van der Waals surface area (Å²) >= 11 is 0. The van der Waals surface area contributed by atoms with E-state index in [1.165, 1.54) is 128 Å².